The average molecular weight is 348 g/mol. The fourth-order valence-electron chi connectivity index (χ4n) is 3.24. The molecule has 0 unspecified atom stereocenters. The second kappa shape index (κ2) is 5.81. The molecule has 4 rings (SSSR count). The van der Waals surface area contributed by atoms with Gasteiger partial charge in [0.1, 0.15) is 6.10 Å². The third kappa shape index (κ3) is 2.66. The van der Waals surface area contributed by atoms with Crippen LogP contribution in [0.3, 0.4) is 0 Å². The molecule has 0 saturated carbocycles. The van der Waals surface area contributed by atoms with Crippen LogP contribution in [0.15, 0.2) is 35.1 Å². The number of amides is 1. The van der Waals surface area contributed by atoms with E-state index >= 15 is 0 Å². The van der Waals surface area contributed by atoms with Crippen LogP contribution in [0.5, 0.6) is 5.88 Å². The molecule has 0 radical (unpaired) electrons. The standard InChI is InChI=1S/C17H17FN2O3S/c1-11-4-6-22-14(11)16(21)20-9-17(10-20)7-12(8-24-17)23-15-13(18)3-2-5-19-15/h2-6,12H,7-10H2,1H3/t12-/m1/s1. The molecule has 126 valence electrons. The van der Waals surface area contributed by atoms with Crippen LogP contribution in [-0.2, 0) is 0 Å². The molecule has 0 aromatic carbocycles. The molecule has 5 nitrogen and oxygen atoms in total. The fourth-order valence-corrected chi connectivity index (χ4v) is 4.77. The number of pyridine rings is 1. The summed E-state index contributed by atoms with van der Waals surface area (Å²) < 4.78 is 24.6. The zero-order valence-electron chi connectivity index (χ0n) is 13.2. The third-order valence-corrected chi connectivity index (χ3v) is 6.06. The van der Waals surface area contributed by atoms with Crippen molar-refractivity contribution < 1.29 is 18.3 Å². The first kappa shape index (κ1) is 15.5. The van der Waals surface area contributed by atoms with Crippen molar-refractivity contribution in [3.8, 4) is 5.88 Å². The SMILES string of the molecule is Cc1ccoc1C(=O)N1CC2(C[C@@H](Oc3ncccc3F)CS2)C1. The molecule has 0 N–H and O–H groups in total. The van der Waals surface area contributed by atoms with Crippen molar-refractivity contribution in [2.24, 2.45) is 0 Å². The summed E-state index contributed by atoms with van der Waals surface area (Å²) in [6, 6.07) is 4.67. The Morgan fingerprint density at radius 2 is 2.33 bits per heavy atom. The fraction of sp³-hybridized carbons (Fsp3) is 0.412. The third-order valence-electron chi connectivity index (χ3n) is 4.48. The summed E-state index contributed by atoms with van der Waals surface area (Å²) in [5.74, 6) is 0.735. The van der Waals surface area contributed by atoms with Crippen LogP contribution in [0.1, 0.15) is 22.5 Å². The van der Waals surface area contributed by atoms with Crippen molar-refractivity contribution in [2.75, 3.05) is 18.8 Å². The Kier molecular flexibility index (Phi) is 3.75. The number of nitrogens with zero attached hydrogens (tertiary/aromatic N) is 2. The van der Waals surface area contributed by atoms with Gasteiger partial charge in [-0.1, -0.05) is 0 Å². The summed E-state index contributed by atoms with van der Waals surface area (Å²) in [5, 5.41) is 0. The molecular formula is C17H17FN2O3S. The van der Waals surface area contributed by atoms with Gasteiger partial charge in [0.2, 0.25) is 0 Å². The van der Waals surface area contributed by atoms with Crippen molar-refractivity contribution >= 4 is 17.7 Å². The van der Waals surface area contributed by atoms with Gasteiger partial charge >= 0.3 is 0 Å². The molecule has 1 amide bonds. The van der Waals surface area contributed by atoms with Gasteiger partial charge in [-0.2, -0.15) is 0 Å². The molecule has 2 saturated heterocycles. The number of halogens is 1. The Labute approximate surface area is 143 Å². The number of carbonyl (C=O) groups is 1. The summed E-state index contributed by atoms with van der Waals surface area (Å²) in [6.07, 6.45) is 3.76. The second-order valence-corrected chi connectivity index (χ2v) is 7.81. The van der Waals surface area contributed by atoms with E-state index in [0.717, 1.165) is 17.7 Å². The highest BCUT2D eigenvalue weighted by Gasteiger charge is 2.52. The van der Waals surface area contributed by atoms with Crippen LogP contribution >= 0.6 is 11.8 Å². The first-order valence-electron chi connectivity index (χ1n) is 7.81. The summed E-state index contributed by atoms with van der Waals surface area (Å²) in [7, 11) is 0. The predicted octanol–water partition coefficient (Wildman–Crippen LogP) is 2.90. The lowest BCUT2D eigenvalue weighted by Crippen LogP contribution is -2.60. The van der Waals surface area contributed by atoms with Crippen LogP contribution in [0.25, 0.3) is 0 Å². The van der Waals surface area contributed by atoms with E-state index in [1.807, 2.05) is 6.92 Å². The molecule has 0 aliphatic carbocycles. The van der Waals surface area contributed by atoms with Crippen LogP contribution in [0.2, 0.25) is 0 Å². The molecule has 2 aliphatic heterocycles. The molecule has 1 atom stereocenters. The van der Waals surface area contributed by atoms with Gasteiger partial charge in [-0.15, -0.1) is 11.8 Å². The first-order chi connectivity index (χ1) is 11.6. The zero-order chi connectivity index (χ0) is 16.7. The molecule has 1 spiro atoms. The van der Waals surface area contributed by atoms with Gasteiger partial charge in [-0.05, 0) is 25.1 Å². The van der Waals surface area contributed by atoms with E-state index in [1.54, 1.807) is 28.8 Å². The molecule has 2 fully saturated rings. The normalized spacial score (nSPS) is 21.8. The van der Waals surface area contributed by atoms with Crippen molar-refractivity contribution in [3.63, 3.8) is 0 Å². The summed E-state index contributed by atoms with van der Waals surface area (Å²) in [5.41, 5.74) is 0.854. The van der Waals surface area contributed by atoms with E-state index in [4.69, 9.17) is 9.15 Å². The molecule has 2 aromatic heterocycles. The van der Waals surface area contributed by atoms with Gasteiger partial charge in [0.15, 0.2) is 11.6 Å². The number of hydrogen-bond donors (Lipinski definition) is 0. The maximum absolute atomic E-state index is 13.6. The minimum Gasteiger partial charge on any atom is -0.471 e. The number of aryl methyl sites for hydroxylation is 1. The Morgan fingerprint density at radius 3 is 3.04 bits per heavy atom. The van der Waals surface area contributed by atoms with E-state index in [0.29, 0.717) is 18.8 Å². The topological polar surface area (TPSA) is 55.6 Å². The Morgan fingerprint density at radius 1 is 1.50 bits per heavy atom. The van der Waals surface area contributed by atoms with E-state index in [9.17, 15) is 9.18 Å². The Balaban J connectivity index is 1.36. The molecule has 2 aromatic rings. The van der Waals surface area contributed by atoms with Crippen LogP contribution in [0, 0.1) is 12.7 Å². The summed E-state index contributed by atoms with van der Waals surface area (Å²) in [6.45, 7) is 3.20. The van der Waals surface area contributed by atoms with E-state index in [1.165, 1.54) is 18.5 Å². The number of ether oxygens (including phenoxy) is 1. The molecule has 0 bridgehead atoms. The Hall–Kier alpha value is -2.02. The number of rotatable bonds is 3. The monoisotopic (exact) mass is 348 g/mol. The summed E-state index contributed by atoms with van der Waals surface area (Å²) >= 11 is 1.79. The van der Waals surface area contributed by atoms with Crippen LogP contribution in [-0.4, -0.2) is 45.5 Å². The smallest absolute Gasteiger partial charge is 0.289 e. The molecule has 24 heavy (non-hydrogen) atoms. The minimum absolute atomic E-state index is 0.00603. The van der Waals surface area contributed by atoms with E-state index < -0.39 is 5.82 Å². The average Bonchev–Trinajstić information content (AvgIpc) is 3.14. The lowest BCUT2D eigenvalue weighted by Gasteiger charge is -2.47. The van der Waals surface area contributed by atoms with E-state index in [2.05, 4.69) is 4.98 Å². The van der Waals surface area contributed by atoms with Crippen LogP contribution < -0.4 is 4.74 Å². The maximum Gasteiger partial charge on any atom is 0.289 e. The highest BCUT2D eigenvalue weighted by molar-refractivity contribution is 8.01. The zero-order valence-corrected chi connectivity index (χ0v) is 14.0. The number of hydrogen-bond acceptors (Lipinski definition) is 5. The first-order valence-corrected chi connectivity index (χ1v) is 8.79. The van der Waals surface area contributed by atoms with Gasteiger partial charge in [-0.25, -0.2) is 9.37 Å². The maximum atomic E-state index is 13.6. The van der Waals surface area contributed by atoms with Crippen molar-refractivity contribution in [1.29, 1.82) is 0 Å². The lowest BCUT2D eigenvalue weighted by atomic mass is 9.92. The van der Waals surface area contributed by atoms with Gasteiger partial charge in [0, 0.05) is 37.0 Å². The number of aromatic nitrogens is 1. The highest BCUT2D eigenvalue weighted by Crippen LogP contribution is 2.46. The number of carbonyl (C=O) groups excluding carboxylic acids is 1. The van der Waals surface area contributed by atoms with Gasteiger partial charge in [0.05, 0.1) is 11.0 Å². The van der Waals surface area contributed by atoms with Gasteiger partial charge in [-0.3, -0.25) is 4.79 Å². The Bertz CT molecular complexity index is 773. The predicted molar refractivity (Wildman–Crippen MR) is 87.8 cm³/mol. The number of furan rings is 1. The number of likely N-dealkylation sites (tertiary alicyclic amines) is 1. The second-order valence-electron chi connectivity index (χ2n) is 6.32. The van der Waals surface area contributed by atoms with Crippen molar-refractivity contribution in [1.82, 2.24) is 9.88 Å². The van der Waals surface area contributed by atoms with Gasteiger partial charge < -0.3 is 14.1 Å². The molecule has 2 aliphatic rings. The van der Waals surface area contributed by atoms with E-state index in [-0.39, 0.29) is 22.6 Å². The van der Waals surface area contributed by atoms with Crippen molar-refractivity contribution in [2.45, 2.75) is 24.2 Å². The quantitative estimate of drug-likeness (QED) is 0.854. The molecule has 4 heterocycles. The lowest BCUT2D eigenvalue weighted by molar-refractivity contribution is 0.0482. The minimum atomic E-state index is -0.442. The van der Waals surface area contributed by atoms with Crippen molar-refractivity contribution in [3.05, 3.63) is 47.8 Å². The largest absolute Gasteiger partial charge is 0.471 e. The van der Waals surface area contributed by atoms with Gasteiger partial charge in [0.25, 0.3) is 11.8 Å². The summed E-state index contributed by atoms with van der Waals surface area (Å²) in [4.78, 5) is 18.1. The highest BCUT2D eigenvalue weighted by atomic mass is 32.2. The molecular weight excluding hydrogens is 331 g/mol. The van der Waals surface area contributed by atoms with Crippen LogP contribution in [0.4, 0.5) is 4.39 Å². The number of thioether (sulfide) groups is 1. The molecule has 7 heteroatoms.